The van der Waals surface area contributed by atoms with Gasteiger partial charge in [-0.05, 0) is 61.1 Å². The van der Waals surface area contributed by atoms with Crippen molar-refractivity contribution in [2.75, 3.05) is 0 Å². The number of aryl methyl sites for hydroxylation is 2. The third-order valence-corrected chi connectivity index (χ3v) is 4.45. The van der Waals surface area contributed by atoms with Gasteiger partial charge < -0.3 is 0 Å². The molecule has 2 aromatic rings. The summed E-state index contributed by atoms with van der Waals surface area (Å²) in [6.07, 6.45) is 13.5. The van der Waals surface area contributed by atoms with Crippen molar-refractivity contribution in [3.05, 3.63) is 59.7 Å². The van der Waals surface area contributed by atoms with Gasteiger partial charge in [-0.15, -0.1) is 0 Å². The largest absolute Gasteiger partial charge is 0.255 e. The molecule has 0 spiro atoms. The van der Waals surface area contributed by atoms with Crippen LogP contribution in [0.2, 0.25) is 0 Å². The fraction of sp³-hybridized carbons (Fsp3) is 0.417. The van der Waals surface area contributed by atoms with E-state index in [4.69, 9.17) is 0 Å². The van der Waals surface area contributed by atoms with Crippen LogP contribution in [0.4, 0.5) is 11.4 Å². The van der Waals surface area contributed by atoms with Gasteiger partial charge in [-0.1, -0.05) is 63.8 Å². The number of rotatable bonds is 11. The van der Waals surface area contributed by atoms with E-state index in [2.05, 4.69) is 42.0 Å². The molecule has 0 aliphatic heterocycles. The number of benzene rings is 2. The Bertz CT molecular complexity index is 665. The maximum Gasteiger partial charge on any atom is 0.0635 e. The molecule has 0 atom stereocenters. The maximum atomic E-state index is 4.62. The quantitative estimate of drug-likeness (QED) is 0.194. The topological polar surface area (TPSA) is 24.7 Å². The van der Waals surface area contributed by atoms with Crippen LogP contribution in [0.1, 0.15) is 63.5 Å². The average molecular weight is 455 g/mol. The maximum absolute atomic E-state index is 4.62. The van der Waals surface area contributed by atoms with Crippen LogP contribution in [-0.4, -0.2) is 12.4 Å². The summed E-state index contributed by atoms with van der Waals surface area (Å²) in [7, 11) is 0. The second-order valence-electron chi connectivity index (χ2n) is 6.81. The van der Waals surface area contributed by atoms with Crippen molar-refractivity contribution in [1.82, 2.24) is 0 Å². The monoisotopic (exact) mass is 454 g/mol. The van der Waals surface area contributed by atoms with Gasteiger partial charge in [0.2, 0.25) is 0 Å². The SMILES string of the molecule is CCCCCc1cc(CCCCC)cc(N=CC=Nc2ccccc2)c1.[Pd]. The van der Waals surface area contributed by atoms with Crippen molar-refractivity contribution in [3.63, 3.8) is 0 Å². The molecule has 2 nitrogen and oxygen atoms in total. The number of hydrogen-bond acceptors (Lipinski definition) is 2. The second kappa shape index (κ2) is 14.5. The van der Waals surface area contributed by atoms with Gasteiger partial charge in [-0.3, -0.25) is 9.98 Å². The van der Waals surface area contributed by atoms with Crippen molar-refractivity contribution in [2.24, 2.45) is 9.98 Å². The summed E-state index contributed by atoms with van der Waals surface area (Å²) >= 11 is 0. The van der Waals surface area contributed by atoms with Gasteiger partial charge in [0, 0.05) is 32.9 Å². The van der Waals surface area contributed by atoms with Crippen molar-refractivity contribution in [3.8, 4) is 0 Å². The number of unbranched alkanes of at least 4 members (excludes halogenated alkanes) is 4. The Balaban J connectivity index is 0.00000364. The molecule has 0 heterocycles. The number of hydrogen-bond donors (Lipinski definition) is 0. The Morgan fingerprint density at radius 2 is 1.19 bits per heavy atom. The molecule has 0 fully saturated rings. The molecule has 148 valence electrons. The van der Waals surface area contributed by atoms with Gasteiger partial charge in [-0.2, -0.15) is 0 Å². The van der Waals surface area contributed by atoms with E-state index in [1.807, 2.05) is 30.3 Å². The van der Waals surface area contributed by atoms with Crippen molar-refractivity contribution in [2.45, 2.75) is 65.2 Å². The third kappa shape index (κ3) is 9.80. The number of nitrogens with zero attached hydrogens (tertiary/aromatic N) is 2. The minimum Gasteiger partial charge on any atom is -0.255 e. The summed E-state index contributed by atoms with van der Waals surface area (Å²) in [4.78, 5) is 9.04. The first-order valence-electron chi connectivity index (χ1n) is 10.1. The first-order chi connectivity index (χ1) is 12.8. The van der Waals surface area contributed by atoms with E-state index in [0.29, 0.717) is 0 Å². The molecule has 0 N–H and O–H groups in total. The zero-order valence-electron chi connectivity index (χ0n) is 16.6. The van der Waals surface area contributed by atoms with E-state index in [-0.39, 0.29) is 20.4 Å². The molecular formula is C24H32N2Pd. The molecule has 27 heavy (non-hydrogen) atoms. The summed E-state index contributed by atoms with van der Waals surface area (Å²) in [5.74, 6) is 0. The Morgan fingerprint density at radius 1 is 0.667 bits per heavy atom. The van der Waals surface area contributed by atoms with E-state index in [1.165, 1.54) is 49.7 Å². The van der Waals surface area contributed by atoms with Crippen LogP contribution < -0.4 is 0 Å². The molecule has 0 radical (unpaired) electrons. The van der Waals surface area contributed by atoms with Gasteiger partial charge in [0.05, 0.1) is 11.4 Å². The van der Waals surface area contributed by atoms with Crippen LogP contribution in [0.15, 0.2) is 58.5 Å². The van der Waals surface area contributed by atoms with Gasteiger partial charge in [0.1, 0.15) is 0 Å². The Kier molecular flexibility index (Phi) is 12.6. The summed E-state index contributed by atoms with van der Waals surface area (Å²) in [6.45, 7) is 4.51. The predicted molar refractivity (Wildman–Crippen MR) is 116 cm³/mol. The van der Waals surface area contributed by atoms with Gasteiger partial charge in [0.15, 0.2) is 0 Å². The Morgan fingerprint density at radius 3 is 1.70 bits per heavy atom. The van der Waals surface area contributed by atoms with E-state index >= 15 is 0 Å². The smallest absolute Gasteiger partial charge is 0.0635 e. The van der Waals surface area contributed by atoms with E-state index in [0.717, 1.165) is 24.2 Å². The van der Waals surface area contributed by atoms with Crippen LogP contribution in [-0.2, 0) is 33.3 Å². The molecule has 2 rings (SSSR count). The fourth-order valence-corrected chi connectivity index (χ4v) is 3.02. The number of aliphatic imine (C=N–C) groups is 2. The molecule has 2 aromatic carbocycles. The van der Waals surface area contributed by atoms with Gasteiger partial charge in [0.25, 0.3) is 0 Å². The molecule has 0 saturated carbocycles. The normalized spacial score (nSPS) is 11.2. The van der Waals surface area contributed by atoms with E-state index in [1.54, 1.807) is 12.4 Å². The van der Waals surface area contributed by atoms with Crippen molar-refractivity contribution in [1.29, 1.82) is 0 Å². The fourth-order valence-electron chi connectivity index (χ4n) is 3.02. The van der Waals surface area contributed by atoms with Crippen molar-refractivity contribution >= 4 is 23.8 Å². The van der Waals surface area contributed by atoms with Crippen molar-refractivity contribution < 1.29 is 20.4 Å². The molecule has 0 bridgehead atoms. The van der Waals surface area contributed by atoms with Crippen LogP contribution >= 0.6 is 0 Å². The molecule has 0 aromatic heterocycles. The molecule has 0 aliphatic rings. The number of para-hydroxylation sites is 1. The minimum atomic E-state index is 0. The minimum absolute atomic E-state index is 0. The van der Waals surface area contributed by atoms with Crippen LogP contribution in [0.25, 0.3) is 0 Å². The van der Waals surface area contributed by atoms with E-state index in [9.17, 15) is 0 Å². The van der Waals surface area contributed by atoms with Gasteiger partial charge in [-0.25, -0.2) is 0 Å². The third-order valence-electron chi connectivity index (χ3n) is 4.45. The first kappa shape index (κ1) is 23.5. The standard InChI is InChI=1S/C24H32N2.Pd/c1-3-5-8-12-21-18-22(13-9-6-4-2)20-24(19-21)26-17-16-25-23-14-10-7-11-15-23;/h7,10-11,14-20H,3-6,8-9,12-13H2,1-2H3;. The van der Waals surface area contributed by atoms with E-state index < -0.39 is 0 Å². The summed E-state index contributed by atoms with van der Waals surface area (Å²) < 4.78 is 0. The molecule has 0 aliphatic carbocycles. The predicted octanol–water partition coefficient (Wildman–Crippen LogP) is 7.25. The molecular weight excluding hydrogens is 423 g/mol. The zero-order valence-corrected chi connectivity index (χ0v) is 18.2. The Hall–Kier alpha value is -1.56. The second-order valence-corrected chi connectivity index (χ2v) is 6.81. The summed E-state index contributed by atoms with van der Waals surface area (Å²) in [6, 6.07) is 16.8. The summed E-state index contributed by atoms with van der Waals surface area (Å²) in [5, 5.41) is 0. The van der Waals surface area contributed by atoms with Crippen LogP contribution in [0.5, 0.6) is 0 Å². The van der Waals surface area contributed by atoms with Crippen LogP contribution in [0.3, 0.4) is 0 Å². The molecule has 0 saturated heterocycles. The first-order valence-corrected chi connectivity index (χ1v) is 10.1. The van der Waals surface area contributed by atoms with Crippen LogP contribution in [0, 0.1) is 0 Å². The average Bonchev–Trinajstić information content (AvgIpc) is 2.67. The molecule has 3 heteroatoms. The Labute approximate surface area is 178 Å². The zero-order chi connectivity index (χ0) is 18.5. The molecule has 0 unspecified atom stereocenters. The van der Waals surface area contributed by atoms with Gasteiger partial charge >= 0.3 is 0 Å². The molecule has 0 amide bonds. The summed E-state index contributed by atoms with van der Waals surface area (Å²) in [5.41, 5.74) is 4.83.